The van der Waals surface area contributed by atoms with E-state index in [4.69, 9.17) is 16.3 Å². The molecule has 25 heavy (non-hydrogen) atoms. The molecule has 1 heterocycles. The maximum absolute atomic E-state index is 12.6. The van der Waals surface area contributed by atoms with Gasteiger partial charge in [-0.1, -0.05) is 41.4 Å². The first-order chi connectivity index (χ1) is 11.9. The van der Waals surface area contributed by atoms with Crippen molar-refractivity contribution < 1.29 is 13.2 Å². The third kappa shape index (κ3) is 4.97. The van der Waals surface area contributed by atoms with Crippen LogP contribution in [0.25, 0.3) is 0 Å². The predicted molar refractivity (Wildman–Crippen MR) is 100 cm³/mol. The quantitative estimate of drug-likeness (QED) is 0.788. The van der Waals surface area contributed by atoms with Gasteiger partial charge in [0, 0.05) is 18.1 Å². The largest absolute Gasteiger partial charge is 0.490 e. The molecule has 0 N–H and O–H groups in total. The highest BCUT2D eigenvalue weighted by Gasteiger charge is 2.29. The fourth-order valence-electron chi connectivity index (χ4n) is 2.92. The molecule has 0 bridgehead atoms. The molecule has 0 amide bonds. The van der Waals surface area contributed by atoms with E-state index in [2.05, 4.69) is 0 Å². The number of benzene rings is 2. The molecular weight excluding hydrogens is 358 g/mol. The van der Waals surface area contributed by atoms with Gasteiger partial charge in [0.1, 0.15) is 11.9 Å². The molecule has 4 nitrogen and oxygen atoms in total. The molecule has 0 unspecified atom stereocenters. The van der Waals surface area contributed by atoms with Crippen LogP contribution in [0.15, 0.2) is 48.5 Å². The first-order valence-electron chi connectivity index (χ1n) is 8.38. The van der Waals surface area contributed by atoms with Crippen molar-refractivity contribution in [3.05, 3.63) is 64.7 Å². The lowest BCUT2D eigenvalue weighted by Crippen LogP contribution is -2.42. The Bertz CT molecular complexity index is 796. The van der Waals surface area contributed by atoms with Crippen molar-refractivity contribution in [2.75, 3.05) is 13.1 Å². The first-order valence-corrected chi connectivity index (χ1v) is 10.4. The van der Waals surface area contributed by atoms with Crippen LogP contribution >= 0.6 is 11.6 Å². The standard InChI is InChI=1S/C19H22ClNO3S/c1-15-2-8-18(9-3-15)24-19-10-12-21(13-11-19)25(22,23)14-16-4-6-17(20)7-5-16/h2-9,19H,10-14H2,1H3. The summed E-state index contributed by atoms with van der Waals surface area (Å²) in [7, 11) is -3.32. The van der Waals surface area contributed by atoms with Gasteiger partial charge >= 0.3 is 0 Å². The maximum Gasteiger partial charge on any atom is 0.218 e. The second-order valence-electron chi connectivity index (χ2n) is 6.41. The van der Waals surface area contributed by atoms with E-state index in [1.54, 1.807) is 28.6 Å². The molecule has 0 aromatic heterocycles. The van der Waals surface area contributed by atoms with Crippen LogP contribution in [0, 0.1) is 6.92 Å². The number of rotatable bonds is 5. The zero-order chi connectivity index (χ0) is 17.9. The third-order valence-corrected chi connectivity index (χ3v) is 6.48. The molecule has 134 valence electrons. The van der Waals surface area contributed by atoms with Crippen molar-refractivity contribution in [1.82, 2.24) is 4.31 Å². The summed E-state index contributed by atoms with van der Waals surface area (Å²) >= 11 is 5.85. The summed E-state index contributed by atoms with van der Waals surface area (Å²) in [5, 5.41) is 0.607. The lowest BCUT2D eigenvalue weighted by Gasteiger charge is -2.31. The van der Waals surface area contributed by atoms with Crippen LogP contribution in [0.5, 0.6) is 5.75 Å². The maximum atomic E-state index is 12.6. The molecule has 0 spiro atoms. The Hall–Kier alpha value is -1.56. The van der Waals surface area contributed by atoms with E-state index < -0.39 is 10.0 Å². The van der Waals surface area contributed by atoms with Gasteiger partial charge in [-0.15, -0.1) is 0 Å². The molecule has 2 aromatic rings. The van der Waals surface area contributed by atoms with Crippen molar-refractivity contribution >= 4 is 21.6 Å². The van der Waals surface area contributed by atoms with Crippen LogP contribution in [0.2, 0.25) is 5.02 Å². The van der Waals surface area contributed by atoms with E-state index >= 15 is 0 Å². The zero-order valence-corrected chi connectivity index (χ0v) is 15.8. The summed E-state index contributed by atoms with van der Waals surface area (Å²) in [4.78, 5) is 0. The number of hydrogen-bond acceptors (Lipinski definition) is 3. The minimum absolute atomic E-state index is 0.00759. The number of ether oxygens (including phenoxy) is 1. The molecule has 1 fully saturated rings. The molecule has 0 radical (unpaired) electrons. The summed E-state index contributed by atoms with van der Waals surface area (Å²) in [6, 6.07) is 14.9. The van der Waals surface area contributed by atoms with Crippen LogP contribution < -0.4 is 4.74 Å². The Morgan fingerprint density at radius 2 is 1.64 bits per heavy atom. The van der Waals surface area contributed by atoms with Crippen molar-refractivity contribution in [3.8, 4) is 5.75 Å². The zero-order valence-electron chi connectivity index (χ0n) is 14.2. The smallest absolute Gasteiger partial charge is 0.218 e. The van der Waals surface area contributed by atoms with Crippen LogP contribution in [0.1, 0.15) is 24.0 Å². The molecule has 3 rings (SSSR count). The van der Waals surface area contributed by atoms with E-state index in [0.717, 1.165) is 11.3 Å². The van der Waals surface area contributed by atoms with Gasteiger partial charge in [-0.3, -0.25) is 0 Å². The lowest BCUT2D eigenvalue weighted by atomic mass is 10.1. The Morgan fingerprint density at radius 1 is 1.04 bits per heavy atom. The fourth-order valence-corrected chi connectivity index (χ4v) is 4.61. The number of nitrogens with zero attached hydrogens (tertiary/aromatic N) is 1. The highest BCUT2D eigenvalue weighted by molar-refractivity contribution is 7.88. The fraction of sp³-hybridized carbons (Fsp3) is 0.368. The predicted octanol–water partition coefficient (Wildman–Crippen LogP) is 4.02. The van der Waals surface area contributed by atoms with Crippen molar-refractivity contribution in [2.45, 2.75) is 31.6 Å². The molecule has 2 aromatic carbocycles. The van der Waals surface area contributed by atoms with E-state index in [-0.39, 0.29) is 11.9 Å². The van der Waals surface area contributed by atoms with Crippen LogP contribution in [0.3, 0.4) is 0 Å². The summed E-state index contributed by atoms with van der Waals surface area (Å²) in [6.07, 6.45) is 1.46. The van der Waals surface area contributed by atoms with Gasteiger partial charge < -0.3 is 4.74 Å². The molecule has 0 aliphatic carbocycles. The Morgan fingerprint density at radius 3 is 2.24 bits per heavy atom. The van der Waals surface area contributed by atoms with Gasteiger partial charge in [-0.25, -0.2) is 12.7 Å². The SMILES string of the molecule is Cc1ccc(OC2CCN(S(=O)(=O)Cc3ccc(Cl)cc3)CC2)cc1. The Balaban J connectivity index is 1.55. The molecule has 1 aliphatic rings. The average Bonchev–Trinajstić information content (AvgIpc) is 2.59. The molecular formula is C19H22ClNO3S. The average molecular weight is 380 g/mol. The van der Waals surface area contributed by atoms with Crippen LogP contribution in [-0.4, -0.2) is 31.9 Å². The highest BCUT2D eigenvalue weighted by Crippen LogP contribution is 2.22. The highest BCUT2D eigenvalue weighted by atomic mass is 35.5. The molecule has 0 atom stereocenters. The second-order valence-corrected chi connectivity index (χ2v) is 8.82. The van der Waals surface area contributed by atoms with Gasteiger partial charge in [0.2, 0.25) is 10.0 Å². The Labute approximate surface area is 154 Å². The van der Waals surface area contributed by atoms with E-state index in [0.29, 0.717) is 31.0 Å². The van der Waals surface area contributed by atoms with Gasteiger partial charge in [-0.05, 0) is 49.6 Å². The number of hydrogen-bond donors (Lipinski definition) is 0. The Kier molecular flexibility index (Phi) is 5.67. The summed E-state index contributed by atoms with van der Waals surface area (Å²) in [6.45, 7) is 3.02. The summed E-state index contributed by atoms with van der Waals surface area (Å²) in [5.74, 6) is 0.848. The van der Waals surface area contributed by atoms with Crippen molar-refractivity contribution in [1.29, 1.82) is 0 Å². The van der Waals surface area contributed by atoms with E-state index in [1.165, 1.54) is 5.56 Å². The van der Waals surface area contributed by atoms with Crippen LogP contribution in [0.4, 0.5) is 0 Å². The molecule has 1 aliphatic heterocycles. The van der Waals surface area contributed by atoms with E-state index in [9.17, 15) is 8.42 Å². The number of halogens is 1. The van der Waals surface area contributed by atoms with Gasteiger partial charge in [-0.2, -0.15) is 0 Å². The van der Waals surface area contributed by atoms with Gasteiger partial charge in [0.15, 0.2) is 0 Å². The lowest BCUT2D eigenvalue weighted by molar-refractivity contribution is 0.135. The van der Waals surface area contributed by atoms with Crippen molar-refractivity contribution in [3.63, 3.8) is 0 Å². The second kappa shape index (κ2) is 7.77. The third-order valence-electron chi connectivity index (χ3n) is 4.38. The van der Waals surface area contributed by atoms with Gasteiger partial charge in [0.25, 0.3) is 0 Å². The molecule has 1 saturated heterocycles. The number of aryl methyl sites for hydroxylation is 1. The minimum atomic E-state index is -3.32. The first kappa shape index (κ1) is 18.2. The number of sulfonamides is 1. The summed E-state index contributed by atoms with van der Waals surface area (Å²) in [5.41, 5.74) is 1.94. The molecule has 6 heteroatoms. The molecule has 0 saturated carbocycles. The van der Waals surface area contributed by atoms with Gasteiger partial charge in [0.05, 0.1) is 5.75 Å². The number of piperidine rings is 1. The summed E-state index contributed by atoms with van der Waals surface area (Å²) < 4.78 is 32.7. The monoisotopic (exact) mass is 379 g/mol. The normalized spacial score (nSPS) is 16.7. The topological polar surface area (TPSA) is 46.6 Å². The van der Waals surface area contributed by atoms with Crippen LogP contribution in [-0.2, 0) is 15.8 Å². The minimum Gasteiger partial charge on any atom is -0.490 e. The van der Waals surface area contributed by atoms with Crippen molar-refractivity contribution in [2.24, 2.45) is 0 Å². The van der Waals surface area contributed by atoms with E-state index in [1.807, 2.05) is 31.2 Å².